The van der Waals surface area contributed by atoms with Gasteiger partial charge in [0.25, 0.3) is 5.91 Å². The maximum absolute atomic E-state index is 12.9. The van der Waals surface area contributed by atoms with Crippen molar-refractivity contribution in [2.75, 3.05) is 17.2 Å². The van der Waals surface area contributed by atoms with Crippen molar-refractivity contribution >= 4 is 23.4 Å². The lowest BCUT2D eigenvalue weighted by atomic mass is 10.0. The second-order valence-electron chi connectivity index (χ2n) is 5.90. The molecule has 2 aromatic rings. The normalized spacial score (nSPS) is 14.6. The number of carbonyl (C=O) groups is 1. The summed E-state index contributed by atoms with van der Waals surface area (Å²) in [7, 11) is 0. The van der Waals surface area contributed by atoms with Gasteiger partial charge in [-0.25, -0.2) is 0 Å². The Morgan fingerprint density at radius 1 is 1.09 bits per heavy atom. The number of anilines is 1. The number of fused-ring (bicyclic) bond motifs is 1. The Morgan fingerprint density at radius 2 is 1.82 bits per heavy atom. The summed E-state index contributed by atoms with van der Waals surface area (Å²) < 4.78 is 0. The summed E-state index contributed by atoms with van der Waals surface area (Å²) in [5.74, 6) is 1.65. The molecule has 3 heteroatoms. The second-order valence-corrected chi connectivity index (χ2v) is 7.04. The summed E-state index contributed by atoms with van der Waals surface area (Å²) in [5.41, 5.74) is 3.08. The van der Waals surface area contributed by atoms with Gasteiger partial charge >= 0.3 is 0 Å². The van der Waals surface area contributed by atoms with Gasteiger partial charge in [0.05, 0.1) is 5.69 Å². The third kappa shape index (κ3) is 3.05. The SMILES string of the molecule is CC(C)c1ccc(C(=O)N2CCCSc3ccccc32)cc1. The molecule has 3 rings (SSSR count). The van der Waals surface area contributed by atoms with Crippen LogP contribution in [0.5, 0.6) is 0 Å². The second kappa shape index (κ2) is 6.57. The van der Waals surface area contributed by atoms with Gasteiger partial charge in [0.15, 0.2) is 0 Å². The van der Waals surface area contributed by atoms with Crippen molar-refractivity contribution in [3.05, 3.63) is 59.7 Å². The van der Waals surface area contributed by atoms with E-state index >= 15 is 0 Å². The van der Waals surface area contributed by atoms with Crippen molar-refractivity contribution in [2.45, 2.75) is 31.1 Å². The van der Waals surface area contributed by atoms with Crippen molar-refractivity contribution in [2.24, 2.45) is 0 Å². The smallest absolute Gasteiger partial charge is 0.258 e. The number of benzene rings is 2. The van der Waals surface area contributed by atoms with E-state index in [1.165, 1.54) is 10.5 Å². The van der Waals surface area contributed by atoms with E-state index in [-0.39, 0.29) is 5.91 Å². The van der Waals surface area contributed by atoms with Crippen LogP contribution in [0, 0.1) is 0 Å². The van der Waals surface area contributed by atoms with Crippen molar-refractivity contribution < 1.29 is 4.79 Å². The molecule has 0 fully saturated rings. The van der Waals surface area contributed by atoms with Crippen LogP contribution in [0.25, 0.3) is 0 Å². The number of para-hydroxylation sites is 1. The predicted octanol–water partition coefficient (Wildman–Crippen LogP) is 4.95. The van der Waals surface area contributed by atoms with Crippen LogP contribution in [0.15, 0.2) is 53.4 Å². The van der Waals surface area contributed by atoms with Gasteiger partial charge in [0.2, 0.25) is 0 Å². The topological polar surface area (TPSA) is 20.3 Å². The molecule has 0 aliphatic carbocycles. The fourth-order valence-electron chi connectivity index (χ4n) is 2.70. The molecule has 2 aromatic carbocycles. The molecule has 2 nitrogen and oxygen atoms in total. The van der Waals surface area contributed by atoms with E-state index in [0.29, 0.717) is 5.92 Å². The van der Waals surface area contributed by atoms with Crippen LogP contribution in [0.1, 0.15) is 42.1 Å². The lowest BCUT2D eigenvalue weighted by Gasteiger charge is -2.22. The highest BCUT2D eigenvalue weighted by Crippen LogP contribution is 2.34. The maximum Gasteiger partial charge on any atom is 0.258 e. The Kier molecular flexibility index (Phi) is 4.53. The van der Waals surface area contributed by atoms with Crippen molar-refractivity contribution in [1.82, 2.24) is 0 Å². The van der Waals surface area contributed by atoms with E-state index in [2.05, 4.69) is 32.0 Å². The Balaban J connectivity index is 1.91. The van der Waals surface area contributed by atoms with E-state index in [1.807, 2.05) is 47.0 Å². The van der Waals surface area contributed by atoms with E-state index in [4.69, 9.17) is 0 Å². The van der Waals surface area contributed by atoms with Crippen molar-refractivity contribution in [1.29, 1.82) is 0 Å². The number of carbonyl (C=O) groups excluding carboxylic acids is 1. The van der Waals surface area contributed by atoms with Gasteiger partial charge in [0.1, 0.15) is 0 Å². The van der Waals surface area contributed by atoms with Crippen LogP contribution < -0.4 is 4.90 Å². The van der Waals surface area contributed by atoms with Gasteiger partial charge in [-0.15, -0.1) is 11.8 Å². The molecule has 0 radical (unpaired) electrons. The lowest BCUT2D eigenvalue weighted by molar-refractivity contribution is 0.0986. The van der Waals surface area contributed by atoms with Gasteiger partial charge in [-0.1, -0.05) is 38.1 Å². The number of hydrogen-bond acceptors (Lipinski definition) is 2. The summed E-state index contributed by atoms with van der Waals surface area (Å²) in [6, 6.07) is 16.2. The number of nitrogens with zero attached hydrogens (tertiary/aromatic N) is 1. The number of amides is 1. The average Bonchev–Trinajstić information content (AvgIpc) is 2.76. The standard InChI is InChI=1S/C19H21NOS/c1-14(2)15-8-10-16(11-9-15)19(21)20-12-5-13-22-18-7-4-3-6-17(18)20/h3-4,6-11,14H,5,12-13H2,1-2H3. The fourth-order valence-corrected chi connectivity index (χ4v) is 3.70. The van der Waals surface area contributed by atoms with Crippen LogP contribution in [0.2, 0.25) is 0 Å². The van der Waals surface area contributed by atoms with Crippen LogP contribution >= 0.6 is 11.8 Å². The molecule has 0 saturated heterocycles. The molecular weight excluding hydrogens is 290 g/mol. The fraction of sp³-hybridized carbons (Fsp3) is 0.316. The van der Waals surface area contributed by atoms with Crippen LogP contribution in [-0.2, 0) is 0 Å². The summed E-state index contributed by atoms with van der Waals surface area (Å²) in [6.45, 7) is 5.12. The Hall–Kier alpha value is -1.74. The minimum atomic E-state index is 0.102. The number of thioether (sulfide) groups is 1. The van der Waals surface area contributed by atoms with Crippen LogP contribution in [-0.4, -0.2) is 18.2 Å². The first-order valence-corrected chi connectivity index (χ1v) is 8.79. The van der Waals surface area contributed by atoms with Gasteiger partial charge < -0.3 is 4.90 Å². The highest BCUT2D eigenvalue weighted by molar-refractivity contribution is 7.99. The molecule has 0 bridgehead atoms. The molecule has 1 heterocycles. The monoisotopic (exact) mass is 311 g/mol. The van der Waals surface area contributed by atoms with Gasteiger partial charge in [-0.3, -0.25) is 4.79 Å². The first-order valence-electron chi connectivity index (χ1n) is 7.80. The van der Waals surface area contributed by atoms with E-state index in [0.717, 1.165) is 30.0 Å². The lowest BCUT2D eigenvalue weighted by Crippen LogP contribution is -2.31. The molecule has 0 N–H and O–H groups in total. The van der Waals surface area contributed by atoms with Gasteiger partial charge in [-0.05, 0) is 47.9 Å². The molecule has 1 aliphatic heterocycles. The molecule has 0 aromatic heterocycles. The Bertz CT molecular complexity index is 663. The zero-order valence-corrected chi connectivity index (χ0v) is 13.9. The molecule has 1 amide bonds. The predicted molar refractivity (Wildman–Crippen MR) is 94.0 cm³/mol. The van der Waals surface area contributed by atoms with Gasteiger partial charge in [0, 0.05) is 17.0 Å². The Morgan fingerprint density at radius 3 is 2.55 bits per heavy atom. The molecule has 22 heavy (non-hydrogen) atoms. The Labute approximate surface area is 136 Å². The molecule has 0 atom stereocenters. The van der Waals surface area contributed by atoms with Gasteiger partial charge in [-0.2, -0.15) is 0 Å². The zero-order valence-electron chi connectivity index (χ0n) is 13.1. The molecule has 0 saturated carbocycles. The molecular formula is C19H21NOS. The highest BCUT2D eigenvalue weighted by Gasteiger charge is 2.22. The summed E-state index contributed by atoms with van der Waals surface area (Å²) in [4.78, 5) is 16.0. The minimum Gasteiger partial charge on any atom is -0.307 e. The first kappa shape index (κ1) is 15.2. The quantitative estimate of drug-likeness (QED) is 0.782. The first-order chi connectivity index (χ1) is 10.7. The van der Waals surface area contributed by atoms with Crippen molar-refractivity contribution in [3.63, 3.8) is 0 Å². The number of rotatable bonds is 2. The molecule has 0 spiro atoms. The molecule has 1 aliphatic rings. The minimum absolute atomic E-state index is 0.102. The zero-order chi connectivity index (χ0) is 15.5. The van der Waals surface area contributed by atoms with E-state index in [9.17, 15) is 4.79 Å². The highest BCUT2D eigenvalue weighted by atomic mass is 32.2. The van der Waals surface area contributed by atoms with Crippen molar-refractivity contribution in [3.8, 4) is 0 Å². The van der Waals surface area contributed by atoms with Crippen LogP contribution in [0.4, 0.5) is 5.69 Å². The van der Waals surface area contributed by atoms with Crippen LogP contribution in [0.3, 0.4) is 0 Å². The molecule has 114 valence electrons. The summed E-state index contributed by atoms with van der Waals surface area (Å²) in [6.07, 6.45) is 1.02. The van der Waals surface area contributed by atoms with E-state index in [1.54, 1.807) is 0 Å². The number of hydrogen-bond donors (Lipinski definition) is 0. The molecule has 0 unspecified atom stereocenters. The third-order valence-corrected chi connectivity index (χ3v) is 5.16. The average molecular weight is 311 g/mol. The largest absolute Gasteiger partial charge is 0.307 e. The maximum atomic E-state index is 12.9. The summed E-state index contributed by atoms with van der Waals surface area (Å²) in [5, 5.41) is 0. The van der Waals surface area contributed by atoms with E-state index < -0.39 is 0 Å². The third-order valence-electron chi connectivity index (χ3n) is 4.01. The summed E-state index contributed by atoms with van der Waals surface area (Å²) >= 11 is 1.84.